The summed E-state index contributed by atoms with van der Waals surface area (Å²) in [4.78, 5) is 22.3. The van der Waals surface area contributed by atoms with Gasteiger partial charge in [0.1, 0.15) is 5.82 Å². The van der Waals surface area contributed by atoms with Gasteiger partial charge in [-0.3, -0.25) is 9.69 Å². The molecule has 0 amide bonds. The standard InChI is InChI=1S/C21H23ClN4O/c1-2-10-26(12-15-5-3-4-14-8-9-23-20(14)15)13-19-24-18-11-16(22)6-7-17(18)21(27)25-19/h3-7,11,23H,2,8-10,12-13H2,1H3,(H,24,25,27). The molecular formula is C21H23ClN4O. The number of aromatic amines is 1. The van der Waals surface area contributed by atoms with Crippen molar-refractivity contribution in [1.29, 1.82) is 0 Å². The summed E-state index contributed by atoms with van der Waals surface area (Å²) in [5.41, 5.74) is 4.47. The lowest BCUT2D eigenvalue weighted by Crippen LogP contribution is -2.26. The first kappa shape index (κ1) is 18.0. The highest BCUT2D eigenvalue weighted by Gasteiger charge is 2.16. The molecule has 140 valence electrons. The molecule has 0 spiro atoms. The van der Waals surface area contributed by atoms with E-state index in [9.17, 15) is 4.79 Å². The molecule has 2 aromatic carbocycles. The van der Waals surface area contributed by atoms with Crippen molar-refractivity contribution in [2.75, 3.05) is 18.4 Å². The Morgan fingerprint density at radius 1 is 1.22 bits per heavy atom. The maximum atomic E-state index is 12.4. The van der Waals surface area contributed by atoms with Gasteiger partial charge in [-0.25, -0.2) is 4.98 Å². The van der Waals surface area contributed by atoms with E-state index >= 15 is 0 Å². The van der Waals surface area contributed by atoms with E-state index in [1.807, 2.05) is 0 Å². The predicted octanol–water partition coefficient (Wildman–Crippen LogP) is 3.96. The first-order chi connectivity index (χ1) is 13.1. The summed E-state index contributed by atoms with van der Waals surface area (Å²) in [7, 11) is 0. The zero-order valence-electron chi connectivity index (χ0n) is 15.4. The number of anilines is 1. The van der Waals surface area contributed by atoms with Crippen LogP contribution in [0.25, 0.3) is 10.9 Å². The summed E-state index contributed by atoms with van der Waals surface area (Å²) in [6.45, 7) is 5.51. The van der Waals surface area contributed by atoms with E-state index in [2.05, 4.69) is 45.3 Å². The Balaban J connectivity index is 1.61. The second-order valence-electron chi connectivity index (χ2n) is 7.01. The minimum Gasteiger partial charge on any atom is -0.384 e. The lowest BCUT2D eigenvalue weighted by Gasteiger charge is -2.22. The van der Waals surface area contributed by atoms with Crippen molar-refractivity contribution in [3.8, 4) is 0 Å². The number of halogens is 1. The number of fused-ring (bicyclic) bond motifs is 2. The number of benzene rings is 2. The van der Waals surface area contributed by atoms with Gasteiger partial charge < -0.3 is 10.3 Å². The van der Waals surface area contributed by atoms with Gasteiger partial charge in [-0.2, -0.15) is 0 Å². The summed E-state index contributed by atoms with van der Waals surface area (Å²) >= 11 is 6.07. The molecule has 3 aromatic rings. The van der Waals surface area contributed by atoms with E-state index in [1.54, 1.807) is 18.2 Å². The second-order valence-corrected chi connectivity index (χ2v) is 7.45. The molecule has 0 atom stereocenters. The molecule has 6 heteroatoms. The molecule has 5 nitrogen and oxygen atoms in total. The third kappa shape index (κ3) is 3.84. The van der Waals surface area contributed by atoms with Crippen LogP contribution in [0, 0.1) is 0 Å². The van der Waals surface area contributed by atoms with Crippen molar-refractivity contribution in [3.05, 3.63) is 68.7 Å². The number of nitrogens with zero attached hydrogens (tertiary/aromatic N) is 2. The number of aromatic nitrogens is 2. The van der Waals surface area contributed by atoms with Gasteiger partial charge in [-0.05, 0) is 48.7 Å². The Morgan fingerprint density at radius 2 is 2.11 bits per heavy atom. The maximum Gasteiger partial charge on any atom is 0.258 e. The molecule has 0 fully saturated rings. The fourth-order valence-corrected chi connectivity index (χ4v) is 3.93. The smallest absolute Gasteiger partial charge is 0.258 e. The summed E-state index contributed by atoms with van der Waals surface area (Å²) in [5.74, 6) is 0.670. The zero-order valence-corrected chi connectivity index (χ0v) is 16.1. The average molecular weight is 383 g/mol. The molecule has 1 aliphatic rings. The highest BCUT2D eigenvalue weighted by molar-refractivity contribution is 6.31. The Kier molecular flexibility index (Phi) is 5.14. The van der Waals surface area contributed by atoms with Gasteiger partial charge in [0.2, 0.25) is 0 Å². The Morgan fingerprint density at radius 3 is 2.96 bits per heavy atom. The first-order valence-corrected chi connectivity index (χ1v) is 9.77. The van der Waals surface area contributed by atoms with Crippen LogP contribution in [-0.2, 0) is 19.5 Å². The van der Waals surface area contributed by atoms with E-state index < -0.39 is 0 Å². The van der Waals surface area contributed by atoms with Crippen molar-refractivity contribution in [3.63, 3.8) is 0 Å². The summed E-state index contributed by atoms with van der Waals surface area (Å²) in [6, 6.07) is 11.7. The molecule has 0 saturated heterocycles. The Hall–Kier alpha value is -2.37. The molecule has 0 unspecified atom stereocenters. The molecule has 1 aromatic heterocycles. The molecule has 2 N–H and O–H groups in total. The third-order valence-electron chi connectivity index (χ3n) is 4.96. The Labute approximate surface area is 163 Å². The van der Waals surface area contributed by atoms with Crippen LogP contribution < -0.4 is 10.9 Å². The predicted molar refractivity (Wildman–Crippen MR) is 110 cm³/mol. The third-order valence-corrected chi connectivity index (χ3v) is 5.19. The number of rotatable bonds is 6. The van der Waals surface area contributed by atoms with Crippen molar-refractivity contribution < 1.29 is 0 Å². The van der Waals surface area contributed by atoms with Gasteiger partial charge in [0, 0.05) is 23.8 Å². The topological polar surface area (TPSA) is 61.0 Å². The number of hydrogen-bond acceptors (Lipinski definition) is 4. The van der Waals surface area contributed by atoms with Gasteiger partial charge in [-0.15, -0.1) is 0 Å². The molecule has 0 aliphatic carbocycles. The molecule has 0 bridgehead atoms. The molecule has 2 heterocycles. The van der Waals surface area contributed by atoms with Crippen LogP contribution >= 0.6 is 11.6 Å². The maximum absolute atomic E-state index is 12.4. The highest BCUT2D eigenvalue weighted by atomic mass is 35.5. The zero-order chi connectivity index (χ0) is 18.8. The normalized spacial score (nSPS) is 13.1. The summed E-state index contributed by atoms with van der Waals surface area (Å²) in [6.07, 6.45) is 2.11. The van der Waals surface area contributed by atoms with Crippen LogP contribution in [0.1, 0.15) is 30.3 Å². The monoisotopic (exact) mass is 382 g/mol. The van der Waals surface area contributed by atoms with E-state index in [-0.39, 0.29) is 5.56 Å². The number of para-hydroxylation sites is 1. The van der Waals surface area contributed by atoms with E-state index in [0.717, 1.165) is 32.5 Å². The van der Waals surface area contributed by atoms with Gasteiger partial charge in [-0.1, -0.05) is 36.7 Å². The summed E-state index contributed by atoms with van der Waals surface area (Å²) < 4.78 is 0. The van der Waals surface area contributed by atoms with E-state index in [4.69, 9.17) is 11.6 Å². The number of hydrogen-bond donors (Lipinski definition) is 2. The SMILES string of the molecule is CCCN(Cc1nc2cc(Cl)ccc2c(=O)[nH]1)Cc1cccc2c1NCC2. The van der Waals surface area contributed by atoms with Crippen molar-refractivity contribution in [1.82, 2.24) is 14.9 Å². The second kappa shape index (κ2) is 7.71. The van der Waals surface area contributed by atoms with Crippen LogP contribution in [0.4, 0.5) is 5.69 Å². The van der Waals surface area contributed by atoms with E-state index in [0.29, 0.717) is 28.3 Å². The lowest BCUT2D eigenvalue weighted by molar-refractivity contribution is 0.251. The van der Waals surface area contributed by atoms with Crippen LogP contribution in [0.5, 0.6) is 0 Å². The quantitative estimate of drug-likeness (QED) is 0.677. The molecule has 27 heavy (non-hydrogen) atoms. The van der Waals surface area contributed by atoms with Crippen LogP contribution in [0.3, 0.4) is 0 Å². The van der Waals surface area contributed by atoms with Crippen molar-refractivity contribution in [2.45, 2.75) is 32.9 Å². The van der Waals surface area contributed by atoms with Crippen molar-refractivity contribution >= 4 is 28.2 Å². The minimum absolute atomic E-state index is 0.120. The average Bonchev–Trinajstić information content (AvgIpc) is 3.11. The lowest BCUT2D eigenvalue weighted by atomic mass is 10.1. The van der Waals surface area contributed by atoms with Crippen LogP contribution in [0.15, 0.2) is 41.2 Å². The molecule has 0 saturated carbocycles. The van der Waals surface area contributed by atoms with Crippen LogP contribution in [0.2, 0.25) is 5.02 Å². The molecule has 1 aliphatic heterocycles. The van der Waals surface area contributed by atoms with Crippen LogP contribution in [-0.4, -0.2) is 28.0 Å². The Bertz CT molecular complexity index is 1030. The fourth-order valence-electron chi connectivity index (χ4n) is 3.76. The molecular weight excluding hydrogens is 360 g/mol. The van der Waals surface area contributed by atoms with Gasteiger partial charge in [0.05, 0.1) is 17.4 Å². The van der Waals surface area contributed by atoms with Gasteiger partial charge in [0.15, 0.2) is 0 Å². The van der Waals surface area contributed by atoms with Gasteiger partial charge in [0.25, 0.3) is 5.56 Å². The number of nitrogens with one attached hydrogen (secondary N) is 2. The minimum atomic E-state index is -0.120. The molecule has 4 rings (SSSR count). The van der Waals surface area contributed by atoms with Crippen molar-refractivity contribution in [2.24, 2.45) is 0 Å². The van der Waals surface area contributed by atoms with Gasteiger partial charge >= 0.3 is 0 Å². The highest BCUT2D eigenvalue weighted by Crippen LogP contribution is 2.27. The summed E-state index contributed by atoms with van der Waals surface area (Å²) in [5, 5.41) is 4.66. The first-order valence-electron chi connectivity index (χ1n) is 9.39. The largest absolute Gasteiger partial charge is 0.384 e. The van der Waals surface area contributed by atoms with E-state index in [1.165, 1.54) is 16.8 Å². The molecule has 0 radical (unpaired) electrons. The number of H-pyrrole nitrogens is 1. The fraction of sp³-hybridized carbons (Fsp3) is 0.333.